The molecule has 0 spiro atoms. The Labute approximate surface area is 93.2 Å². The van der Waals surface area contributed by atoms with E-state index >= 15 is 0 Å². The summed E-state index contributed by atoms with van der Waals surface area (Å²) in [7, 11) is 0. The fourth-order valence-electron chi connectivity index (χ4n) is 1.70. The number of rotatable bonds is 3. The molecule has 0 saturated heterocycles. The third kappa shape index (κ3) is 2.68. The first-order valence-electron chi connectivity index (χ1n) is 5.10. The van der Waals surface area contributed by atoms with E-state index in [-0.39, 0.29) is 5.84 Å². The molecular weight excluding hydrogens is 208 g/mol. The molecule has 1 aromatic rings. The summed E-state index contributed by atoms with van der Waals surface area (Å²) in [6.45, 7) is 0. The lowest BCUT2D eigenvalue weighted by Crippen LogP contribution is -2.13. The van der Waals surface area contributed by atoms with Crippen molar-refractivity contribution in [2.45, 2.75) is 36.1 Å². The van der Waals surface area contributed by atoms with Crippen LogP contribution in [-0.4, -0.2) is 21.1 Å². The Morgan fingerprint density at radius 2 is 2.20 bits per heavy atom. The topological polar surface area (TPSA) is 75.7 Å². The molecule has 1 fully saturated rings. The molecule has 0 atom stereocenters. The van der Waals surface area contributed by atoms with E-state index in [0.29, 0.717) is 10.9 Å². The Balaban J connectivity index is 2.07. The summed E-state index contributed by atoms with van der Waals surface area (Å²) < 4.78 is 0. The highest BCUT2D eigenvalue weighted by Gasteiger charge is 2.17. The first-order valence-corrected chi connectivity index (χ1v) is 5.98. The second-order valence-electron chi connectivity index (χ2n) is 3.66. The van der Waals surface area contributed by atoms with Crippen LogP contribution in [0, 0.1) is 5.41 Å². The van der Waals surface area contributed by atoms with Crippen molar-refractivity contribution in [3.05, 3.63) is 18.0 Å². The first kappa shape index (κ1) is 10.4. The van der Waals surface area contributed by atoms with Gasteiger partial charge in [-0.3, -0.25) is 5.41 Å². The quantitative estimate of drug-likeness (QED) is 0.464. The number of nitrogens with one attached hydrogen (secondary N) is 1. The standard InChI is InChI=1S/C10H14N4S/c11-9(12)8-5-6-13-10(14-8)15-7-3-1-2-4-7/h5-7H,1-4H2,(H3,11,12). The highest BCUT2D eigenvalue weighted by molar-refractivity contribution is 7.99. The van der Waals surface area contributed by atoms with Gasteiger partial charge >= 0.3 is 0 Å². The maximum absolute atomic E-state index is 7.29. The molecule has 3 N–H and O–H groups in total. The highest BCUT2D eigenvalue weighted by Crippen LogP contribution is 2.32. The summed E-state index contributed by atoms with van der Waals surface area (Å²) in [5, 5.41) is 8.69. The summed E-state index contributed by atoms with van der Waals surface area (Å²) in [4.78, 5) is 8.42. The van der Waals surface area contributed by atoms with Gasteiger partial charge in [-0.25, -0.2) is 9.97 Å². The van der Waals surface area contributed by atoms with Crippen molar-refractivity contribution in [3.63, 3.8) is 0 Å². The van der Waals surface area contributed by atoms with Crippen molar-refractivity contribution in [2.24, 2.45) is 5.73 Å². The maximum Gasteiger partial charge on any atom is 0.188 e. The fourth-order valence-corrected chi connectivity index (χ4v) is 2.84. The van der Waals surface area contributed by atoms with Crippen LogP contribution in [0.5, 0.6) is 0 Å². The van der Waals surface area contributed by atoms with Gasteiger partial charge in [-0.15, -0.1) is 0 Å². The van der Waals surface area contributed by atoms with Crippen LogP contribution in [0.4, 0.5) is 0 Å². The molecule has 1 aromatic heterocycles. The second kappa shape index (κ2) is 4.61. The molecule has 1 heterocycles. The molecule has 4 nitrogen and oxygen atoms in total. The van der Waals surface area contributed by atoms with Crippen molar-refractivity contribution in [2.75, 3.05) is 0 Å². The molecule has 15 heavy (non-hydrogen) atoms. The normalized spacial score (nSPS) is 16.8. The minimum atomic E-state index is 0.00525. The van der Waals surface area contributed by atoms with Gasteiger partial charge in [0.1, 0.15) is 11.5 Å². The molecule has 1 aliphatic carbocycles. The van der Waals surface area contributed by atoms with Crippen molar-refractivity contribution < 1.29 is 0 Å². The number of hydrogen-bond donors (Lipinski definition) is 2. The minimum absolute atomic E-state index is 0.00525. The van der Waals surface area contributed by atoms with E-state index in [4.69, 9.17) is 11.1 Å². The van der Waals surface area contributed by atoms with Gasteiger partial charge in [-0.2, -0.15) is 0 Å². The van der Waals surface area contributed by atoms with Crippen LogP contribution in [0.1, 0.15) is 31.4 Å². The van der Waals surface area contributed by atoms with E-state index in [1.807, 2.05) is 0 Å². The second-order valence-corrected chi connectivity index (χ2v) is 4.93. The van der Waals surface area contributed by atoms with Crippen LogP contribution in [-0.2, 0) is 0 Å². The van der Waals surface area contributed by atoms with E-state index in [1.165, 1.54) is 25.7 Å². The number of nitrogens with two attached hydrogens (primary N) is 1. The van der Waals surface area contributed by atoms with Gasteiger partial charge in [-0.1, -0.05) is 24.6 Å². The van der Waals surface area contributed by atoms with Crippen molar-refractivity contribution in [3.8, 4) is 0 Å². The molecule has 80 valence electrons. The zero-order chi connectivity index (χ0) is 10.7. The first-order chi connectivity index (χ1) is 7.25. The largest absolute Gasteiger partial charge is 0.382 e. The van der Waals surface area contributed by atoms with E-state index in [0.717, 1.165) is 5.16 Å². The lowest BCUT2D eigenvalue weighted by Gasteiger charge is -2.07. The number of amidine groups is 1. The smallest absolute Gasteiger partial charge is 0.188 e. The Morgan fingerprint density at radius 3 is 2.87 bits per heavy atom. The molecular formula is C10H14N4S. The number of aromatic nitrogens is 2. The summed E-state index contributed by atoms with van der Waals surface area (Å²) >= 11 is 1.71. The lowest BCUT2D eigenvalue weighted by atomic mass is 10.4. The zero-order valence-electron chi connectivity index (χ0n) is 8.44. The number of hydrogen-bond acceptors (Lipinski definition) is 4. The molecule has 0 radical (unpaired) electrons. The molecule has 5 heteroatoms. The molecule has 2 rings (SSSR count). The van der Waals surface area contributed by atoms with E-state index < -0.39 is 0 Å². The molecule has 1 saturated carbocycles. The van der Waals surface area contributed by atoms with Crippen LogP contribution in [0.25, 0.3) is 0 Å². The van der Waals surface area contributed by atoms with Crippen LogP contribution in [0.3, 0.4) is 0 Å². The predicted molar refractivity (Wildman–Crippen MR) is 61.2 cm³/mol. The predicted octanol–water partition coefficient (Wildman–Crippen LogP) is 1.80. The van der Waals surface area contributed by atoms with Crippen molar-refractivity contribution in [1.29, 1.82) is 5.41 Å². The minimum Gasteiger partial charge on any atom is -0.382 e. The number of nitrogen functional groups attached to an aromatic ring is 1. The van der Waals surface area contributed by atoms with Crippen LogP contribution in [0.15, 0.2) is 17.4 Å². The van der Waals surface area contributed by atoms with Crippen molar-refractivity contribution in [1.82, 2.24) is 9.97 Å². The molecule has 0 amide bonds. The fraction of sp³-hybridized carbons (Fsp3) is 0.500. The highest BCUT2D eigenvalue weighted by atomic mass is 32.2. The lowest BCUT2D eigenvalue weighted by molar-refractivity contribution is 0.882. The summed E-state index contributed by atoms with van der Waals surface area (Å²) in [5.41, 5.74) is 5.89. The van der Waals surface area contributed by atoms with Gasteiger partial charge in [-0.05, 0) is 18.9 Å². The van der Waals surface area contributed by atoms with Crippen molar-refractivity contribution >= 4 is 17.6 Å². The van der Waals surface area contributed by atoms with E-state index in [9.17, 15) is 0 Å². The summed E-state index contributed by atoms with van der Waals surface area (Å²) in [6, 6.07) is 1.67. The summed E-state index contributed by atoms with van der Waals surface area (Å²) in [5.74, 6) is 0.00525. The zero-order valence-corrected chi connectivity index (χ0v) is 9.26. The van der Waals surface area contributed by atoms with Crippen LogP contribution in [0.2, 0.25) is 0 Å². The maximum atomic E-state index is 7.29. The molecule has 0 unspecified atom stereocenters. The molecule has 0 bridgehead atoms. The van der Waals surface area contributed by atoms with E-state index in [1.54, 1.807) is 24.0 Å². The third-order valence-electron chi connectivity index (χ3n) is 2.48. The Morgan fingerprint density at radius 1 is 1.47 bits per heavy atom. The van der Waals surface area contributed by atoms with E-state index in [2.05, 4.69) is 9.97 Å². The average molecular weight is 222 g/mol. The molecule has 1 aliphatic rings. The Hall–Kier alpha value is -1.10. The Bertz CT molecular complexity index is 360. The van der Waals surface area contributed by atoms with Crippen LogP contribution >= 0.6 is 11.8 Å². The van der Waals surface area contributed by atoms with Crippen LogP contribution < -0.4 is 5.73 Å². The average Bonchev–Trinajstić information content (AvgIpc) is 2.71. The molecule has 0 aliphatic heterocycles. The van der Waals surface area contributed by atoms with Gasteiger partial charge in [0.2, 0.25) is 0 Å². The molecule has 0 aromatic carbocycles. The third-order valence-corrected chi connectivity index (χ3v) is 3.70. The monoisotopic (exact) mass is 222 g/mol. The Kier molecular flexibility index (Phi) is 3.20. The van der Waals surface area contributed by atoms with Gasteiger partial charge < -0.3 is 5.73 Å². The van der Waals surface area contributed by atoms with Gasteiger partial charge in [0.25, 0.3) is 0 Å². The van der Waals surface area contributed by atoms with Gasteiger partial charge in [0.15, 0.2) is 5.16 Å². The number of thioether (sulfide) groups is 1. The SMILES string of the molecule is N=C(N)c1ccnc(SC2CCCC2)n1. The summed E-state index contributed by atoms with van der Waals surface area (Å²) in [6.07, 6.45) is 6.78. The van der Waals surface area contributed by atoms with Gasteiger partial charge in [0.05, 0.1) is 0 Å². The van der Waals surface area contributed by atoms with Gasteiger partial charge in [0, 0.05) is 11.4 Å². The number of nitrogens with zero attached hydrogens (tertiary/aromatic N) is 2.